The van der Waals surface area contributed by atoms with E-state index in [2.05, 4.69) is 31.0 Å². The number of fused-ring (bicyclic) bond motifs is 2. The molecule has 0 aromatic carbocycles. The summed E-state index contributed by atoms with van der Waals surface area (Å²) in [6, 6.07) is 4.20. The van der Waals surface area contributed by atoms with Crippen LogP contribution in [0.3, 0.4) is 0 Å². The van der Waals surface area contributed by atoms with Gasteiger partial charge in [0, 0.05) is 37.4 Å². The second-order valence-corrected chi connectivity index (χ2v) is 10.3. The number of nitrogens with zero attached hydrogens (tertiary/aromatic N) is 1. The van der Waals surface area contributed by atoms with Crippen molar-refractivity contribution in [2.75, 3.05) is 6.54 Å². The summed E-state index contributed by atoms with van der Waals surface area (Å²) in [5.74, 6) is 1.21. The Morgan fingerprint density at radius 2 is 2.15 bits per heavy atom. The van der Waals surface area contributed by atoms with Crippen molar-refractivity contribution in [3.8, 4) is 0 Å². The summed E-state index contributed by atoms with van der Waals surface area (Å²) in [7, 11) is 0. The van der Waals surface area contributed by atoms with Crippen LogP contribution in [0.15, 0.2) is 22.8 Å². The van der Waals surface area contributed by atoms with E-state index in [1.807, 2.05) is 12.1 Å². The first-order valence-corrected chi connectivity index (χ1v) is 10.3. The number of carbonyl (C=O) groups is 2. The molecular formula is C22H32N2O3. The summed E-state index contributed by atoms with van der Waals surface area (Å²) < 4.78 is 5.51. The van der Waals surface area contributed by atoms with E-state index in [0.29, 0.717) is 37.1 Å². The van der Waals surface area contributed by atoms with Gasteiger partial charge in [-0.3, -0.25) is 9.59 Å². The minimum Gasteiger partial charge on any atom is -0.469 e. The Labute approximate surface area is 161 Å². The van der Waals surface area contributed by atoms with E-state index >= 15 is 0 Å². The van der Waals surface area contributed by atoms with E-state index in [1.54, 1.807) is 6.26 Å². The Kier molecular flexibility index (Phi) is 4.39. The molecule has 3 heterocycles. The third-order valence-electron chi connectivity index (χ3n) is 6.88. The van der Waals surface area contributed by atoms with E-state index in [0.717, 1.165) is 31.6 Å². The lowest BCUT2D eigenvalue weighted by molar-refractivity contribution is -0.133. The van der Waals surface area contributed by atoms with E-state index in [1.165, 1.54) is 6.42 Å². The second-order valence-electron chi connectivity index (χ2n) is 10.3. The molecule has 1 saturated carbocycles. The summed E-state index contributed by atoms with van der Waals surface area (Å²) in [5, 5.41) is 3.15. The van der Waals surface area contributed by atoms with Crippen molar-refractivity contribution in [1.29, 1.82) is 0 Å². The Balaban J connectivity index is 1.42. The summed E-state index contributed by atoms with van der Waals surface area (Å²) >= 11 is 0. The zero-order valence-corrected chi connectivity index (χ0v) is 16.8. The number of hydrogen-bond acceptors (Lipinski definition) is 3. The first-order chi connectivity index (χ1) is 12.7. The molecule has 27 heavy (non-hydrogen) atoms. The van der Waals surface area contributed by atoms with Gasteiger partial charge in [-0.2, -0.15) is 0 Å². The molecular weight excluding hydrogens is 340 g/mol. The van der Waals surface area contributed by atoms with Gasteiger partial charge in [-0.25, -0.2) is 0 Å². The molecule has 0 radical (unpaired) electrons. The minimum absolute atomic E-state index is 0.0836. The maximum Gasteiger partial charge on any atom is 0.222 e. The topological polar surface area (TPSA) is 62.6 Å². The van der Waals surface area contributed by atoms with Gasteiger partial charge in [0.25, 0.3) is 0 Å². The van der Waals surface area contributed by atoms with Crippen LogP contribution >= 0.6 is 0 Å². The van der Waals surface area contributed by atoms with E-state index in [4.69, 9.17) is 4.42 Å². The zero-order valence-electron chi connectivity index (χ0n) is 16.8. The van der Waals surface area contributed by atoms with Crippen molar-refractivity contribution in [2.45, 2.75) is 83.7 Å². The lowest BCUT2D eigenvalue weighted by Gasteiger charge is -2.39. The molecule has 3 fully saturated rings. The average molecular weight is 373 g/mol. The molecule has 0 spiro atoms. The fourth-order valence-corrected chi connectivity index (χ4v) is 6.17. The van der Waals surface area contributed by atoms with Crippen LogP contribution in [0.1, 0.15) is 71.5 Å². The van der Waals surface area contributed by atoms with Crippen LogP contribution < -0.4 is 5.32 Å². The highest BCUT2D eigenvalue weighted by Crippen LogP contribution is 2.52. The van der Waals surface area contributed by atoms with Crippen LogP contribution in [0, 0.1) is 10.8 Å². The maximum absolute atomic E-state index is 13.1. The van der Waals surface area contributed by atoms with Crippen molar-refractivity contribution in [2.24, 2.45) is 10.8 Å². The van der Waals surface area contributed by atoms with Crippen molar-refractivity contribution in [3.63, 3.8) is 0 Å². The predicted octanol–water partition coefficient (Wildman–Crippen LogP) is 3.68. The molecule has 4 rings (SSSR count). The average Bonchev–Trinajstić information content (AvgIpc) is 3.24. The molecule has 2 aliphatic heterocycles. The predicted molar refractivity (Wildman–Crippen MR) is 103 cm³/mol. The molecule has 2 saturated heterocycles. The molecule has 1 aromatic heterocycles. The first-order valence-electron chi connectivity index (χ1n) is 10.3. The third-order valence-corrected chi connectivity index (χ3v) is 6.88. The highest BCUT2D eigenvalue weighted by Gasteiger charge is 2.51. The van der Waals surface area contributed by atoms with Crippen LogP contribution in [0.25, 0.3) is 0 Å². The van der Waals surface area contributed by atoms with Crippen LogP contribution in [-0.2, 0) is 16.0 Å². The number of amides is 2. The smallest absolute Gasteiger partial charge is 0.222 e. The van der Waals surface area contributed by atoms with Crippen LogP contribution in [-0.4, -0.2) is 34.8 Å². The molecule has 2 bridgehead atoms. The molecule has 148 valence electrons. The monoisotopic (exact) mass is 372 g/mol. The van der Waals surface area contributed by atoms with E-state index < -0.39 is 0 Å². The fourth-order valence-electron chi connectivity index (χ4n) is 6.17. The summed E-state index contributed by atoms with van der Waals surface area (Å²) in [5.41, 5.74) is 0.227. The van der Waals surface area contributed by atoms with Gasteiger partial charge < -0.3 is 14.6 Å². The molecule has 3 atom stereocenters. The highest BCUT2D eigenvalue weighted by molar-refractivity contribution is 5.80. The van der Waals surface area contributed by atoms with Gasteiger partial charge in [0.05, 0.1) is 6.26 Å². The lowest BCUT2D eigenvalue weighted by Crippen LogP contribution is -2.45. The number of rotatable bonds is 5. The Morgan fingerprint density at radius 3 is 2.81 bits per heavy atom. The minimum atomic E-state index is -0.345. The largest absolute Gasteiger partial charge is 0.469 e. The summed E-state index contributed by atoms with van der Waals surface area (Å²) in [6.07, 6.45) is 8.24. The van der Waals surface area contributed by atoms with Crippen molar-refractivity contribution in [1.82, 2.24) is 10.2 Å². The van der Waals surface area contributed by atoms with Crippen LogP contribution in [0.2, 0.25) is 0 Å². The molecule has 3 aliphatic rings. The SMILES string of the molecule is CC1(C)C[C@@H]2C[C@](C)(CN2C(=O)CC[C@]2(Cc3ccco3)CCC(=O)N2)C1. The normalized spacial score (nSPS) is 34.7. The van der Waals surface area contributed by atoms with Crippen LogP contribution in [0.4, 0.5) is 0 Å². The number of carbonyl (C=O) groups excluding carboxylic acids is 2. The van der Waals surface area contributed by atoms with Gasteiger partial charge in [0.1, 0.15) is 5.76 Å². The third kappa shape index (κ3) is 3.78. The maximum atomic E-state index is 13.1. The summed E-state index contributed by atoms with van der Waals surface area (Å²) in [6.45, 7) is 7.89. The highest BCUT2D eigenvalue weighted by atomic mass is 16.3. The quantitative estimate of drug-likeness (QED) is 0.858. The van der Waals surface area contributed by atoms with Crippen molar-refractivity contribution in [3.05, 3.63) is 24.2 Å². The molecule has 1 aliphatic carbocycles. The van der Waals surface area contributed by atoms with Crippen molar-refractivity contribution < 1.29 is 14.0 Å². The molecule has 5 heteroatoms. The number of likely N-dealkylation sites (tertiary alicyclic amines) is 1. The molecule has 5 nitrogen and oxygen atoms in total. The molecule has 1 N–H and O–H groups in total. The molecule has 0 unspecified atom stereocenters. The molecule has 2 amide bonds. The van der Waals surface area contributed by atoms with Gasteiger partial charge in [0.2, 0.25) is 11.8 Å². The lowest BCUT2D eigenvalue weighted by atomic mass is 9.65. The van der Waals surface area contributed by atoms with Gasteiger partial charge in [-0.05, 0) is 55.1 Å². The van der Waals surface area contributed by atoms with E-state index in [9.17, 15) is 9.59 Å². The van der Waals surface area contributed by atoms with E-state index in [-0.39, 0.29) is 22.8 Å². The molecule has 1 aromatic rings. The fraction of sp³-hybridized carbons (Fsp3) is 0.727. The second kappa shape index (κ2) is 6.39. The first kappa shape index (κ1) is 18.6. The standard InChI is InChI=1S/C22H32N2O3/c1-20(2)11-16-12-21(3,14-20)15-24(16)19(26)7-9-22(8-6-18(25)23-22)13-17-5-4-10-27-17/h4-5,10,16H,6-9,11-15H2,1-3H3,(H,23,25)/t16-,21+,22+/m1/s1. The van der Waals surface area contributed by atoms with Gasteiger partial charge in [-0.15, -0.1) is 0 Å². The number of furan rings is 1. The number of nitrogens with one attached hydrogen (secondary N) is 1. The van der Waals surface area contributed by atoms with Crippen molar-refractivity contribution >= 4 is 11.8 Å². The van der Waals surface area contributed by atoms with Crippen LogP contribution in [0.5, 0.6) is 0 Å². The van der Waals surface area contributed by atoms with Gasteiger partial charge >= 0.3 is 0 Å². The van der Waals surface area contributed by atoms with Gasteiger partial charge in [0.15, 0.2) is 0 Å². The number of hydrogen-bond donors (Lipinski definition) is 1. The summed E-state index contributed by atoms with van der Waals surface area (Å²) in [4.78, 5) is 27.2. The Bertz CT molecular complexity index is 726. The van der Waals surface area contributed by atoms with Gasteiger partial charge in [-0.1, -0.05) is 20.8 Å². The zero-order chi connectivity index (χ0) is 19.3. The Morgan fingerprint density at radius 1 is 1.33 bits per heavy atom. The Hall–Kier alpha value is -1.78.